The van der Waals surface area contributed by atoms with Gasteiger partial charge in [0.2, 0.25) is 0 Å². The summed E-state index contributed by atoms with van der Waals surface area (Å²) in [4.78, 5) is 12.9. The van der Waals surface area contributed by atoms with Crippen molar-refractivity contribution >= 4 is 17.3 Å². The van der Waals surface area contributed by atoms with Crippen LogP contribution in [0.5, 0.6) is 0 Å². The van der Waals surface area contributed by atoms with Crippen molar-refractivity contribution in [3.63, 3.8) is 0 Å². The van der Waals surface area contributed by atoms with E-state index < -0.39 is 11.8 Å². The predicted molar refractivity (Wildman–Crippen MR) is 73.0 cm³/mol. The van der Waals surface area contributed by atoms with E-state index >= 15 is 0 Å². The van der Waals surface area contributed by atoms with Crippen molar-refractivity contribution in [1.29, 1.82) is 0 Å². The number of anilines is 2. The molecule has 1 aromatic rings. The zero-order valence-electron chi connectivity index (χ0n) is 11.2. The Morgan fingerprint density at radius 1 is 1.47 bits per heavy atom. The smallest absolute Gasteiger partial charge is 0.338 e. The van der Waals surface area contributed by atoms with Crippen LogP contribution in [0.25, 0.3) is 0 Å². The third-order valence-corrected chi connectivity index (χ3v) is 3.59. The number of benzene rings is 1. The predicted octanol–water partition coefficient (Wildman–Crippen LogP) is 2.73. The van der Waals surface area contributed by atoms with Crippen molar-refractivity contribution in [2.24, 2.45) is 5.41 Å². The number of carboxylic acid groups (broad SMARTS) is 1. The first-order chi connectivity index (χ1) is 8.80. The summed E-state index contributed by atoms with van der Waals surface area (Å²) in [5.74, 6) is -2.03. The Morgan fingerprint density at radius 3 is 2.74 bits per heavy atom. The molecule has 104 valence electrons. The summed E-state index contributed by atoms with van der Waals surface area (Å²) >= 11 is 0. The zero-order valence-corrected chi connectivity index (χ0v) is 11.2. The summed E-state index contributed by atoms with van der Waals surface area (Å²) in [6, 6.07) is 2.44. The van der Waals surface area contributed by atoms with Crippen molar-refractivity contribution < 1.29 is 14.3 Å². The molecule has 5 heteroatoms. The van der Waals surface area contributed by atoms with Crippen molar-refractivity contribution in [3.05, 3.63) is 23.5 Å². The number of halogens is 1. The van der Waals surface area contributed by atoms with E-state index in [0.717, 1.165) is 25.9 Å². The van der Waals surface area contributed by atoms with E-state index in [9.17, 15) is 9.18 Å². The number of nitrogens with two attached hydrogens (primary N) is 1. The van der Waals surface area contributed by atoms with E-state index in [1.54, 1.807) is 0 Å². The van der Waals surface area contributed by atoms with Gasteiger partial charge in [0.15, 0.2) is 0 Å². The van der Waals surface area contributed by atoms with E-state index in [1.165, 1.54) is 12.1 Å². The van der Waals surface area contributed by atoms with Gasteiger partial charge in [-0.1, -0.05) is 13.8 Å². The van der Waals surface area contributed by atoms with Gasteiger partial charge in [-0.2, -0.15) is 0 Å². The lowest BCUT2D eigenvalue weighted by Crippen LogP contribution is -2.40. The van der Waals surface area contributed by atoms with Crippen LogP contribution in [0.1, 0.15) is 37.0 Å². The van der Waals surface area contributed by atoms with Crippen LogP contribution in [-0.4, -0.2) is 24.2 Å². The molecule has 0 aliphatic carbocycles. The summed E-state index contributed by atoms with van der Waals surface area (Å²) in [5.41, 5.74) is 6.57. The van der Waals surface area contributed by atoms with Crippen molar-refractivity contribution in [3.8, 4) is 0 Å². The molecular weight excluding hydrogens is 247 g/mol. The van der Waals surface area contributed by atoms with E-state index in [2.05, 4.69) is 13.8 Å². The molecule has 4 nitrogen and oxygen atoms in total. The third-order valence-electron chi connectivity index (χ3n) is 3.59. The largest absolute Gasteiger partial charge is 0.478 e. The monoisotopic (exact) mass is 266 g/mol. The summed E-state index contributed by atoms with van der Waals surface area (Å²) < 4.78 is 13.8. The van der Waals surface area contributed by atoms with E-state index in [0.29, 0.717) is 11.4 Å². The number of nitrogens with zero attached hydrogens (tertiary/aromatic N) is 1. The molecule has 0 spiro atoms. The molecule has 1 aliphatic rings. The van der Waals surface area contributed by atoms with Gasteiger partial charge in [0, 0.05) is 19.2 Å². The molecule has 1 saturated heterocycles. The molecule has 0 saturated carbocycles. The van der Waals surface area contributed by atoms with E-state index in [-0.39, 0.29) is 11.0 Å². The number of hydrogen-bond donors (Lipinski definition) is 2. The first-order valence-corrected chi connectivity index (χ1v) is 6.37. The lowest BCUT2D eigenvalue weighted by Gasteiger charge is -2.40. The first-order valence-electron chi connectivity index (χ1n) is 6.37. The van der Waals surface area contributed by atoms with Gasteiger partial charge in [0.25, 0.3) is 0 Å². The Bertz CT molecular complexity index is 514. The fraction of sp³-hybridized carbons (Fsp3) is 0.500. The highest BCUT2D eigenvalue weighted by Gasteiger charge is 2.28. The van der Waals surface area contributed by atoms with Crippen LogP contribution in [0.2, 0.25) is 0 Å². The summed E-state index contributed by atoms with van der Waals surface area (Å²) in [7, 11) is 0. The van der Waals surface area contributed by atoms with Crippen LogP contribution in [0.3, 0.4) is 0 Å². The molecule has 2 rings (SSSR count). The maximum absolute atomic E-state index is 13.8. The molecule has 0 bridgehead atoms. The van der Waals surface area contributed by atoms with Crippen LogP contribution in [0.4, 0.5) is 15.8 Å². The maximum atomic E-state index is 13.8. The Kier molecular flexibility index (Phi) is 3.39. The third kappa shape index (κ3) is 2.80. The molecule has 1 aromatic carbocycles. The van der Waals surface area contributed by atoms with Gasteiger partial charge in [-0.25, -0.2) is 9.18 Å². The molecule has 0 aromatic heterocycles. The second kappa shape index (κ2) is 4.72. The number of hydrogen-bond acceptors (Lipinski definition) is 3. The first kappa shape index (κ1) is 13.6. The Labute approximate surface area is 112 Å². The lowest BCUT2D eigenvalue weighted by molar-refractivity contribution is 0.0692. The fourth-order valence-electron chi connectivity index (χ4n) is 2.65. The van der Waals surface area contributed by atoms with Gasteiger partial charge in [-0.15, -0.1) is 0 Å². The minimum Gasteiger partial charge on any atom is -0.478 e. The Morgan fingerprint density at radius 2 is 2.16 bits per heavy atom. The van der Waals surface area contributed by atoms with E-state index in [4.69, 9.17) is 10.8 Å². The molecule has 0 unspecified atom stereocenters. The van der Waals surface area contributed by atoms with Gasteiger partial charge in [0.05, 0.1) is 16.9 Å². The zero-order chi connectivity index (χ0) is 14.2. The highest BCUT2D eigenvalue weighted by molar-refractivity contribution is 5.91. The highest BCUT2D eigenvalue weighted by atomic mass is 19.1. The summed E-state index contributed by atoms with van der Waals surface area (Å²) in [6.07, 6.45) is 2.15. The minimum absolute atomic E-state index is 0.159. The van der Waals surface area contributed by atoms with Gasteiger partial charge in [0.1, 0.15) is 5.82 Å². The SMILES string of the molecule is CC1(C)CCCN(c2cc(F)c(C(=O)O)cc2N)C1. The topological polar surface area (TPSA) is 66.6 Å². The second-order valence-electron chi connectivity index (χ2n) is 5.89. The van der Waals surface area contributed by atoms with Crippen LogP contribution < -0.4 is 10.6 Å². The molecule has 0 atom stereocenters. The quantitative estimate of drug-likeness (QED) is 0.808. The second-order valence-corrected chi connectivity index (χ2v) is 5.89. The number of rotatable bonds is 2. The van der Waals surface area contributed by atoms with Crippen molar-refractivity contribution in [1.82, 2.24) is 0 Å². The number of piperidine rings is 1. The highest BCUT2D eigenvalue weighted by Crippen LogP contribution is 2.35. The van der Waals surface area contributed by atoms with Crippen LogP contribution in [0.15, 0.2) is 12.1 Å². The lowest BCUT2D eigenvalue weighted by atomic mass is 9.84. The van der Waals surface area contributed by atoms with Crippen LogP contribution in [0, 0.1) is 11.2 Å². The Balaban J connectivity index is 2.35. The summed E-state index contributed by atoms with van der Waals surface area (Å²) in [6.45, 7) is 5.94. The number of nitrogen functional groups attached to an aromatic ring is 1. The fourth-order valence-corrected chi connectivity index (χ4v) is 2.65. The van der Waals surface area contributed by atoms with Gasteiger partial charge >= 0.3 is 5.97 Å². The number of carboxylic acids is 1. The average Bonchev–Trinajstić information content (AvgIpc) is 2.30. The van der Waals surface area contributed by atoms with Gasteiger partial charge in [-0.05, 0) is 24.3 Å². The normalized spacial score (nSPS) is 18.4. The molecule has 1 heterocycles. The molecule has 3 N–H and O–H groups in total. The molecule has 0 radical (unpaired) electrons. The average molecular weight is 266 g/mol. The van der Waals surface area contributed by atoms with E-state index in [1.807, 2.05) is 4.90 Å². The summed E-state index contributed by atoms with van der Waals surface area (Å²) in [5, 5.41) is 8.87. The standard InChI is InChI=1S/C14H19FN2O2/c1-14(2)4-3-5-17(8-14)12-7-10(15)9(13(18)19)6-11(12)16/h6-7H,3-5,8,16H2,1-2H3,(H,18,19). The van der Waals surface area contributed by atoms with Crippen molar-refractivity contribution in [2.75, 3.05) is 23.7 Å². The number of carbonyl (C=O) groups is 1. The van der Waals surface area contributed by atoms with Crippen molar-refractivity contribution in [2.45, 2.75) is 26.7 Å². The van der Waals surface area contributed by atoms with Crippen LogP contribution in [-0.2, 0) is 0 Å². The Hall–Kier alpha value is -1.78. The molecule has 1 aliphatic heterocycles. The van der Waals surface area contributed by atoms with Crippen LogP contribution >= 0.6 is 0 Å². The minimum atomic E-state index is -1.30. The molecule has 19 heavy (non-hydrogen) atoms. The maximum Gasteiger partial charge on any atom is 0.338 e. The van der Waals surface area contributed by atoms with Gasteiger partial charge < -0.3 is 15.7 Å². The number of aromatic carboxylic acids is 1. The van der Waals surface area contributed by atoms with Gasteiger partial charge in [-0.3, -0.25) is 0 Å². The molecular formula is C14H19FN2O2. The molecule has 0 amide bonds. The molecule has 1 fully saturated rings.